The van der Waals surface area contributed by atoms with Crippen molar-refractivity contribution >= 4 is 29.6 Å². The lowest BCUT2D eigenvalue weighted by molar-refractivity contribution is -0.117. The SMILES string of the molecule is CC1CC(C)CN(c2nnc(SCC(=O)NC(=O)NC3CC3)n2Cc2ccco2)C1. The molecule has 0 spiro atoms. The average molecular weight is 433 g/mol. The summed E-state index contributed by atoms with van der Waals surface area (Å²) in [6.07, 6.45) is 4.79. The van der Waals surface area contributed by atoms with Crippen molar-refractivity contribution in [2.24, 2.45) is 11.8 Å². The summed E-state index contributed by atoms with van der Waals surface area (Å²) >= 11 is 1.27. The summed E-state index contributed by atoms with van der Waals surface area (Å²) in [4.78, 5) is 26.2. The van der Waals surface area contributed by atoms with Gasteiger partial charge < -0.3 is 14.6 Å². The molecule has 2 aromatic rings. The standard InChI is InChI=1S/C20H28N6O3S/c1-13-8-14(2)10-25(9-13)19-23-24-20(26(19)11-16-4-3-7-29-16)30-12-17(27)22-18(28)21-15-5-6-15/h3-4,7,13-15H,5-6,8-12H2,1-2H3,(H2,21,22,27,28). The third kappa shape index (κ3) is 5.35. The van der Waals surface area contributed by atoms with E-state index >= 15 is 0 Å². The van der Waals surface area contributed by atoms with Gasteiger partial charge >= 0.3 is 6.03 Å². The Labute approximate surface area is 180 Å². The fourth-order valence-electron chi connectivity index (χ4n) is 3.89. The van der Waals surface area contributed by atoms with Gasteiger partial charge in [0.25, 0.3) is 0 Å². The molecule has 1 aliphatic carbocycles. The molecule has 30 heavy (non-hydrogen) atoms. The third-order valence-corrected chi connectivity index (χ3v) is 6.21. The zero-order valence-corrected chi connectivity index (χ0v) is 18.2. The molecule has 0 aromatic carbocycles. The number of urea groups is 1. The average Bonchev–Trinajstić information content (AvgIpc) is 3.18. The molecule has 3 amide bonds. The number of nitrogens with one attached hydrogen (secondary N) is 2. The fraction of sp³-hybridized carbons (Fsp3) is 0.600. The summed E-state index contributed by atoms with van der Waals surface area (Å²) in [6.45, 7) is 6.84. The lowest BCUT2D eigenvalue weighted by Crippen LogP contribution is -2.41. The van der Waals surface area contributed by atoms with E-state index in [1.165, 1.54) is 18.2 Å². The molecule has 2 unspecified atom stereocenters. The van der Waals surface area contributed by atoms with Gasteiger partial charge in [0.2, 0.25) is 11.9 Å². The number of rotatable bonds is 7. The van der Waals surface area contributed by atoms with Crippen molar-refractivity contribution in [1.29, 1.82) is 0 Å². The summed E-state index contributed by atoms with van der Waals surface area (Å²) in [5, 5.41) is 14.5. The van der Waals surface area contributed by atoms with Gasteiger partial charge in [-0.3, -0.25) is 14.7 Å². The molecule has 162 valence electrons. The topological polar surface area (TPSA) is 105 Å². The summed E-state index contributed by atoms with van der Waals surface area (Å²) in [5.41, 5.74) is 0. The van der Waals surface area contributed by atoms with Gasteiger partial charge in [0.05, 0.1) is 18.6 Å². The van der Waals surface area contributed by atoms with Crippen molar-refractivity contribution in [2.75, 3.05) is 23.7 Å². The number of hydrogen-bond donors (Lipinski definition) is 2. The molecule has 2 fully saturated rings. The first-order valence-electron chi connectivity index (χ1n) is 10.4. The van der Waals surface area contributed by atoms with Crippen LogP contribution in [0.4, 0.5) is 10.7 Å². The van der Waals surface area contributed by atoms with Crippen LogP contribution in [0.5, 0.6) is 0 Å². The molecular weight excluding hydrogens is 404 g/mol. The van der Waals surface area contributed by atoms with Crippen LogP contribution in [-0.2, 0) is 11.3 Å². The number of carbonyl (C=O) groups excluding carboxylic acids is 2. The highest BCUT2D eigenvalue weighted by molar-refractivity contribution is 7.99. The van der Waals surface area contributed by atoms with Crippen molar-refractivity contribution in [3.05, 3.63) is 24.2 Å². The Bertz CT molecular complexity index is 869. The smallest absolute Gasteiger partial charge is 0.321 e. The summed E-state index contributed by atoms with van der Waals surface area (Å²) in [7, 11) is 0. The van der Waals surface area contributed by atoms with Crippen LogP contribution in [-0.4, -0.2) is 51.6 Å². The maximum Gasteiger partial charge on any atom is 0.321 e. The van der Waals surface area contributed by atoms with Crippen molar-refractivity contribution in [3.8, 4) is 0 Å². The van der Waals surface area contributed by atoms with Crippen LogP contribution in [0.2, 0.25) is 0 Å². The number of furan rings is 1. The Morgan fingerprint density at radius 2 is 2.00 bits per heavy atom. The van der Waals surface area contributed by atoms with Crippen LogP contribution in [0.1, 0.15) is 38.9 Å². The molecule has 1 aliphatic heterocycles. The predicted molar refractivity (Wildman–Crippen MR) is 113 cm³/mol. The van der Waals surface area contributed by atoms with Gasteiger partial charge in [-0.1, -0.05) is 25.6 Å². The Kier molecular flexibility index (Phi) is 6.31. The number of nitrogens with zero attached hydrogens (tertiary/aromatic N) is 4. The number of aromatic nitrogens is 3. The maximum atomic E-state index is 12.2. The molecule has 10 heteroatoms. The number of imide groups is 1. The Hall–Kier alpha value is -2.49. The van der Waals surface area contributed by atoms with E-state index in [9.17, 15) is 9.59 Å². The highest BCUT2D eigenvalue weighted by Crippen LogP contribution is 2.29. The van der Waals surface area contributed by atoms with Gasteiger partial charge in [-0.05, 0) is 43.2 Å². The van der Waals surface area contributed by atoms with Gasteiger partial charge in [0, 0.05) is 19.1 Å². The Morgan fingerprint density at radius 3 is 2.67 bits per heavy atom. The van der Waals surface area contributed by atoms with Crippen LogP contribution in [0.3, 0.4) is 0 Å². The van der Waals surface area contributed by atoms with Gasteiger partial charge in [-0.15, -0.1) is 10.2 Å². The summed E-state index contributed by atoms with van der Waals surface area (Å²) in [6, 6.07) is 3.54. The molecular formula is C20H28N6O3S. The van der Waals surface area contributed by atoms with E-state index in [2.05, 4.69) is 39.6 Å². The number of amides is 3. The van der Waals surface area contributed by atoms with Gasteiger partial charge in [-0.25, -0.2) is 4.79 Å². The first kappa shape index (κ1) is 20.8. The lowest BCUT2D eigenvalue weighted by atomic mass is 9.92. The third-order valence-electron chi connectivity index (χ3n) is 5.24. The fourth-order valence-corrected chi connectivity index (χ4v) is 4.62. The second-order valence-corrected chi connectivity index (χ2v) is 9.33. The molecule has 2 N–H and O–H groups in total. The molecule has 2 aliphatic rings. The van der Waals surface area contributed by atoms with E-state index in [0.717, 1.165) is 37.6 Å². The van der Waals surface area contributed by atoms with E-state index in [1.54, 1.807) is 6.26 Å². The number of carbonyl (C=O) groups is 2. The predicted octanol–water partition coefficient (Wildman–Crippen LogP) is 2.48. The van der Waals surface area contributed by atoms with Crippen LogP contribution >= 0.6 is 11.8 Å². The zero-order chi connectivity index (χ0) is 21.1. The van der Waals surface area contributed by atoms with Crippen LogP contribution in [0.15, 0.2) is 28.0 Å². The second kappa shape index (κ2) is 9.11. The number of hydrogen-bond acceptors (Lipinski definition) is 7. The zero-order valence-electron chi connectivity index (χ0n) is 17.3. The van der Waals surface area contributed by atoms with Crippen LogP contribution in [0, 0.1) is 11.8 Å². The highest BCUT2D eigenvalue weighted by atomic mass is 32.2. The molecule has 0 bridgehead atoms. The van der Waals surface area contributed by atoms with E-state index in [1.807, 2.05) is 16.7 Å². The minimum atomic E-state index is -0.433. The van der Waals surface area contributed by atoms with E-state index in [-0.39, 0.29) is 17.7 Å². The molecule has 3 heterocycles. The highest BCUT2D eigenvalue weighted by Gasteiger charge is 2.28. The normalized spacial score (nSPS) is 21.5. The van der Waals surface area contributed by atoms with E-state index in [4.69, 9.17) is 4.42 Å². The number of thioether (sulfide) groups is 1. The van der Waals surface area contributed by atoms with Crippen molar-refractivity contribution in [3.63, 3.8) is 0 Å². The van der Waals surface area contributed by atoms with Crippen LogP contribution < -0.4 is 15.5 Å². The van der Waals surface area contributed by atoms with E-state index < -0.39 is 6.03 Å². The number of piperidine rings is 1. The molecule has 2 aromatic heterocycles. The first-order chi connectivity index (χ1) is 14.5. The van der Waals surface area contributed by atoms with E-state index in [0.29, 0.717) is 23.5 Å². The van der Waals surface area contributed by atoms with Gasteiger partial charge in [0.1, 0.15) is 5.76 Å². The second-order valence-electron chi connectivity index (χ2n) is 8.38. The molecule has 9 nitrogen and oxygen atoms in total. The monoisotopic (exact) mass is 432 g/mol. The van der Waals surface area contributed by atoms with Crippen molar-refractivity contribution in [2.45, 2.75) is 50.9 Å². The minimum Gasteiger partial charge on any atom is -0.467 e. The van der Waals surface area contributed by atoms with Crippen molar-refractivity contribution in [1.82, 2.24) is 25.4 Å². The van der Waals surface area contributed by atoms with Crippen molar-refractivity contribution < 1.29 is 14.0 Å². The Morgan fingerprint density at radius 1 is 1.23 bits per heavy atom. The van der Waals surface area contributed by atoms with Gasteiger partial charge in [0.15, 0.2) is 5.16 Å². The summed E-state index contributed by atoms with van der Waals surface area (Å²) in [5.74, 6) is 2.47. The van der Waals surface area contributed by atoms with Crippen LogP contribution in [0.25, 0.3) is 0 Å². The van der Waals surface area contributed by atoms with Gasteiger partial charge in [-0.2, -0.15) is 0 Å². The summed E-state index contributed by atoms with van der Waals surface area (Å²) < 4.78 is 7.52. The lowest BCUT2D eigenvalue weighted by Gasteiger charge is -2.35. The molecule has 1 saturated heterocycles. The minimum absolute atomic E-state index is 0.0845. The first-order valence-corrected chi connectivity index (χ1v) is 11.4. The molecule has 2 atom stereocenters. The molecule has 0 radical (unpaired) electrons. The molecule has 1 saturated carbocycles. The number of anilines is 1. The molecule has 4 rings (SSSR count). The quantitative estimate of drug-likeness (QED) is 0.648. The Balaban J connectivity index is 1.45. The largest absolute Gasteiger partial charge is 0.467 e. The maximum absolute atomic E-state index is 12.2.